The second-order valence-electron chi connectivity index (χ2n) is 4.87. The van der Waals surface area contributed by atoms with Crippen molar-refractivity contribution in [1.82, 2.24) is 4.31 Å². The summed E-state index contributed by atoms with van der Waals surface area (Å²) in [5, 5.41) is 4.32. The van der Waals surface area contributed by atoms with Gasteiger partial charge >= 0.3 is 0 Å². The molecule has 0 aliphatic heterocycles. The van der Waals surface area contributed by atoms with Crippen molar-refractivity contribution in [1.29, 1.82) is 0 Å². The van der Waals surface area contributed by atoms with Gasteiger partial charge in [-0.1, -0.05) is 17.7 Å². The van der Waals surface area contributed by atoms with Gasteiger partial charge in [0.15, 0.2) is 0 Å². The molecular formula is C15H18ClNO3S2. The first-order chi connectivity index (χ1) is 10.4. The average molecular weight is 360 g/mol. The van der Waals surface area contributed by atoms with Gasteiger partial charge in [0.05, 0.1) is 11.5 Å². The second kappa shape index (κ2) is 7.57. The number of nitrogens with zero attached hydrogens (tertiary/aromatic N) is 1. The number of hydrogen-bond acceptors (Lipinski definition) is 4. The van der Waals surface area contributed by atoms with Gasteiger partial charge in [-0.15, -0.1) is 0 Å². The molecule has 0 atom stereocenters. The predicted octanol–water partition coefficient (Wildman–Crippen LogP) is 3.55. The SMILES string of the molecule is COCCN(Cc1ccsc1)S(=O)(=O)c1ccc(C)c(Cl)c1. The molecule has 0 aliphatic rings. The third-order valence-electron chi connectivity index (χ3n) is 3.26. The van der Waals surface area contributed by atoms with Crippen LogP contribution in [0.5, 0.6) is 0 Å². The highest BCUT2D eigenvalue weighted by Crippen LogP contribution is 2.24. The van der Waals surface area contributed by atoms with E-state index < -0.39 is 10.0 Å². The zero-order chi connectivity index (χ0) is 16.2. The zero-order valence-corrected chi connectivity index (χ0v) is 14.8. The van der Waals surface area contributed by atoms with Crippen LogP contribution in [0.25, 0.3) is 0 Å². The highest BCUT2D eigenvalue weighted by molar-refractivity contribution is 7.89. The van der Waals surface area contributed by atoms with Crippen molar-refractivity contribution in [2.75, 3.05) is 20.3 Å². The molecule has 0 bridgehead atoms. The van der Waals surface area contributed by atoms with E-state index in [9.17, 15) is 8.42 Å². The number of hydrogen-bond donors (Lipinski definition) is 0. The number of rotatable bonds is 7. The lowest BCUT2D eigenvalue weighted by Crippen LogP contribution is -2.33. The molecule has 1 aromatic carbocycles. The minimum atomic E-state index is -3.62. The van der Waals surface area contributed by atoms with E-state index in [0.717, 1.165) is 11.1 Å². The van der Waals surface area contributed by atoms with Crippen LogP contribution in [-0.2, 0) is 21.3 Å². The van der Waals surface area contributed by atoms with Crippen molar-refractivity contribution in [3.8, 4) is 0 Å². The van der Waals surface area contributed by atoms with Gasteiger partial charge in [0.25, 0.3) is 0 Å². The first-order valence-corrected chi connectivity index (χ1v) is 9.47. The lowest BCUT2D eigenvalue weighted by atomic mass is 10.2. The summed E-state index contributed by atoms with van der Waals surface area (Å²) in [6, 6.07) is 6.72. The van der Waals surface area contributed by atoms with Gasteiger partial charge < -0.3 is 4.74 Å². The fraction of sp³-hybridized carbons (Fsp3) is 0.333. The Morgan fingerprint density at radius 1 is 1.32 bits per heavy atom. The summed E-state index contributed by atoms with van der Waals surface area (Å²) in [5.74, 6) is 0. The summed E-state index contributed by atoms with van der Waals surface area (Å²) >= 11 is 7.61. The lowest BCUT2D eigenvalue weighted by Gasteiger charge is -2.22. The maximum Gasteiger partial charge on any atom is 0.243 e. The minimum absolute atomic E-state index is 0.203. The van der Waals surface area contributed by atoms with E-state index in [4.69, 9.17) is 16.3 Å². The molecule has 7 heteroatoms. The van der Waals surface area contributed by atoms with Crippen molar-refractivity contribution < 1.29 is 13.2 Å². The van der Waals surface area contributed by atoms with Crippen molar-refractivity contribution in [2.45, 2.75) is 18.4 Å². The van der Waals surface area contributed by atoms with E-state index in [2.05, 4.69) is 0 Å². The van der Waals surface area contributed by atoms with Crippen LogP contribution in [0.3, 0.4) is 0 Å². The number of halogens is 1. The van der Waals surface area contributed by atoms with Crippen LogP contribution >= 0.6 is 22.9 Å². The van der Waals surface area contributed by atoms with Crippen LogP contribution < -0.4 is 0 Å². The number of ether oxygens (including phenoxy) is 1. The maximum absolute atomic E-state index is 12.8. The van der Waals surface area contributed by atoms with Gasteiger partial charge in [-0.25, -0.2) is 8.42 Å². The molecule has 0 radical (unpaired) electrons. The number of benzene rings is 1. The molecule has 120 valence electrons. The molecule has 22 heavy (non-hydrogen) atoms. The first kappa shape index (κ1) is 17.4. The molecule has 0 amide bonds. The number of aryl methyl sites for hydroxylation is 1. The van der Waals surface area contributed by atoms with Gasteiger partial charge in [-0.05, 0) is 47.0 Å². The molecule has 0 saturated carbocycles. The van der Waals surface area contributed by atoms with Crippen molar-refractivity contribution in [2.24, 2.45) is 0 Å². The molecule has 0 saturated heterocycles. The molecule has 2 aromatic rings. The van der Waals surface area contributed by atoms with Gasteiger partial charge in [-0.2, -0.15) is 15.6 Å². The van der Waals surface area contributed by atoms with Gasteiger partial charge in [0.2, 0.25) is 10.0 Å². The van der Waals surface area contributed by atoms with Crippen LogP contribution in [0.1, 0.15) is 11.1 Å². The minimum Gasteiger partial charge on any atom is -0.383 e. The van der Waals surface area contributed by atoms with Crippen LogP contribution in [0.4, 0.5) is 0 Å². The maximum atomic E-state index is 12.8. The fourth-order valence-electron chi connectivity index (χ4n) is 1.95. The summed E-state index contributed by atoms with van der Waals surface area (Å²) in [4.78, 5) is 0.203. The number of sulfonamides is 1. The van der Waals surface area contributed by atoms with Crippen LogP contribution in [0, 0.1) is 6.92 Å². The largest absolute Gasteiger partial charge is 0.383 e. The highest BCUT2D eigenvalue weighted by Gasteiger charge is 2.25. The Balaban J connectivity index is 2.32. The Kier molecular flexibility index (Phi) is 6.00. The monoisotopic (exact) mass is 359 g/mol. The van der Waals surface area contributed by atoms with Gasteiger partial charge in [-0.3, -0.25) is 0 Å². The summed E-state index contributed by atoms with van der Waals surface area (Å²) in [6.45, 7) is 2.79. The fourth-order valence-corrected chi connectivity index (χ4v) is 4.29. The van der Waals surface area contributed by atoms with E-state index in [-0.39, 0.29) is 4.90 Å². The molecule has 0 spiro atoms. The molecule has 0 fully saturated rings. The zero-order valence-electron chi connectivity index (χ0n) is 12.5. The smallest absolute Gasteiger partial charge is 0.243 e. The number of methoxy groups -OCH3 is 1. The third kappa shape index (κ3) is 4.08. The van der Waals surface area contributed by atoms with Crippen molar-refractivity contribution >= 4 is 33.0 Å². The van der Waals surface area contributed by atoms with Gasteiger partial charge in [0.1, 0.15) is 0 Å². The Morgan fingerprint density at radius 3 is 2.68 bits per heavy atom. The standard InChI is InChI=1S/C15H18ClNO3S2/c1-12-3-4-14(9-15(12)16)22(18,19)17(6-7-20-2)10-13-5-8-21-11-13/h3-5,8-9,11H,6-7,10H2,1-2H3. The molecule has 0 unspecified atom stereocenters. The van der Waals surface area contributed by atoms with E-state index >= 15 is 0 Å². The molecule has 0 aliphatic carbocycles. The Morgan fingerprint density at radius 2 is 2.09 bits per heavy atom. The Hall–Kier alpha value is -0.920. The van der Waals surface area contributed by atoms with E-state index in [1.165, 1.54) is 10.4 Å². The molecule has 1 aromatic heterocycles. The first-order valence-electron chi connectivity index (χ1n) is 6.71. The average Bonchev–Trinajstić information content (AvgIpc) is 2.99. The van der Waals surface area contributed by atoms with Crippen molar-refractivity contribution in [3.05, 3.63) is 51.2 Å². The summed E-state index contributed by atoms with van der Waals surface area (Å²) in [5.41, 5.74) is 1.81. The van der Waals surface area contributed by atoms with E-state index in [1.807, 2.05) is 23.8 Å². The molecule has 1 heterocycles. The third-order valence-corrected chi connectivity index (χ3v) is 6.25. The quantitative estimate of drug-likeness (QED) is 0.759. The van der Waals surface area contributed by atoms with E-state index in [1.54, 1.807) is 30.6 Å². The molecular weight excluding hydrogens is 342 g/mol. The molecule has 4 nitrogen and oxygen atoms in total. The summed E-state index contributed by atoms with van der Waals surface area (Å²) in [7, 11) is -2.06. The highest BCUT2D eigenvalue weighted by atomic mass is 35.5. The molecule has 2 rings (SSSR count). The summed E-state index contributed by atoms with van der Waals surface area (Å²) in [6.07, 6.45) is 0. The van der Waals surface area contributed by atoms with Crippen LogP contribution in [0.15, 0.2) is 39.9 Å². The predicted molar refractivity (Wildman–Crippen MR) is 90.0 cm³/mol. The van der Waals surface area contributed by atoms with E-state index in [0.29, 0.717) is 24.7 Å². The molecule has 0 N–H and O–H groups in total. The Bertz CT molecular complexity index is 714. The van der Waals surface area contributed by atoms with Gasteiger partial charge in [0, 0.05) is 25.2 Å². The second-order valence-corrected chi connectivity index (χ2v) is 8.00. The topological polar surface area (TPSA) is 46.6 Å². The lowest BCUT2D eigenvalue weighted by molar-refractivity contribution is 0.177. The van der Waals surface area contributed by atoms with Crippen LogP contribution in [0.2, 0.25) is 5.02 Å². The van der Waals surface area contributed by atoms with Crippen LogP contribution in [-0.4, -0.2) is 33.0 Å². The normalized spacial score (nSPS) is 12.0. The summed E-state index contributed by atoms with van der Waals surface area (Å²) < 4.78 is 32.1. The Labute approximate surface area is 140 Å². The van der Waals surface area contributed by atoms with Crippen molar-refractivity contribution in [3.63, 3.8) is 0 Å². The number of thiophene rings is 1.